The second-order valence-corrected chi connectivity index (χ2v) is 6.33. The van der Waals surface area contributed by atoms with Crippen molar-refractivity contribution in [1.29, 1.82) is 0 Å². The Kier molecular flexibility index (Phi) is 6.37. The Hall–Kier alpha value is -1.70. The predicted molar refractivity (Wildman–Crippen MR) is 91.3 cm³/mol. The van der Waals surface area contributed by atoms with Crippen LogP contribution in [0.4, 0.5) is 8.78 Å². The molecule has 0 aliphatic heterocycles. The van der Waals surface area contributed by atoms with Crippen LogP contribution in [-0.2, 0) is 11.8 Å². The molecule has 0 fully saturated rings. The van der Waals surface area contributed by atoms with Gasteiger partial charge in [0, 0.05) is 36.0 Å². The van der Waals surface area contributed by atoms with E-state index in [9.17, 15) is 13.6 Å². The minimum Gasteiger partial charge on any atom is -0.375 e. The van der Waals surface area contributed by atoms with E-state index in [1.54, 1.807) is 25.1 Å². The molecule has 9 heteroatoms. The number of rotatable bonds is 6. The van der Waals surface area contributed by atoms with Crippen LogP contribution in [0.5, 0.6) is 0 Å². The van der Waals surface area contributed by atoms with Crippen LogP contribution in [0, 0.1) is 0 Å². The van der Waals surface area contributed by atoms with Crippen molar-refractivity contribution in [2.24, 2.45) is 7.05 Å². The van der Waals surface area contributed by atoms with Crippen LogP contribution >= 0.6 is 23.2 Å². The van der Waals surface area contributed by atoms with Gasteiger partial charge in [-0.05, 0) is 19.1 Å². The molecule has 1 heterocycles. The molecule has 1 aromatic carbocycles. The quantitative estimate of drug-likeness (QED) is 0.803. The Labute approximate surface area is 153 Å². The van der Waals surface area contributed by atoms with Crippen LogP contribution in [0.2, 0.25) is 10.0 Å². The summed E-state index contributed by atoms with van der Waals surface area (Å²) in [5, 5.41) is 7.13. The van der Waals surface area contributed by atoms with Gasteiger partial charge >= 0.3 is 0 Å². The molecule has 1 N–H and O–H groups in total. The van der Waals surface area contributed by atoms with Crippen LogP contribution in [-0.4, -0.2) is 28.8 Å². The molecule has 1 aromatic heterocycles. The van der Waals surface area contributed by atoms with E-state index in [1.165, 1.54) is 25.0 Å². The Morgan fingerprint density at radius 1 is 1.36 bits per heavy atom. The van der Waals surface area contributed by atoms with E-state index in [1.807, 2.05) is 0 Å². The number of halogens is 4. The Morgan fingerprint density at radius 3 is 2.60 bits per heavy atom. The normalized spacial score (nSPS) is 13.8. The molecule has 0 radical (unpaired) electrons. The number of carbonyl (C=O) groups is 1. The Bertz CT molecular complexity index is 768. The molecular formula is C16H17Cl2F2N3O2. The maximum atomic E-state index is 13.0. The Balaban J connectivity index is 2.22. The molecule has 2 aromatic rings. The van der Waals surface area contributed by atoms with Gasteiger partial charge in [0.15, 0.2) is 0 Å². The lowest BCUT2D eigenvalue weighted by Gasteiger charge is -2.25. The first-order valence-corrected chi connectivity index (χ1v) is 8.10. The number of nitrogens with zero attached hydrogens (tertiary/aromatic N) is 2. The molecule has 0 unspecified atom stereocenters. The third-order valence-electron chi connectivity index (χ3n) is 3.64. The number of nitrogens with one attached hydrogen (secondary N) is 1. The van der Waals surface area contributed by atoms with Gasteiger partial charge in [0.2, 0.25) is 0 Å². The summed E-state index contributed by atoms with van der Waals surface area (Å²) in [4.78, 5) is 12.4. The minimum absolute atomic E-state index is 0.179. The van der Waals surface area contributed by atoms with Gasteiger partial charge in [-0.1, -0.05) is 29.3 Å². The molecule has 2 atom stereocenters. The number of alkyl halides is 2. The van der Waals surface area contributed by atoms with Crippen LogP contribution < -0.4 is 5.32 Å². The third-order valence-corrected chi connectivity index (χ3v) is 4.21. The summed E-state index contributed by atoms with van der Waals surface area (Å²) in [6.45, 7) is 1.69. The van der Waals surface area contributed by atoms with E-state index in [2.05, 4.69) is 10.4 Å². The summed E-state index contributed by atoms with van der Waals surface area (Å²) in [6, 6.07) is 4.37. The van der Waals surface area contributed by atoms with E-state index in [-0.39, 0.29) is 5.56 Å². The van der Waals surface area contributed by atoms with Crippen LogP contribution in [0.25, 0.3) is 0 Å². The summed E-state index contributed by atoms with van der Waals surface area (Å²) in [7, 11) is 2.93. The van der Waals surface area contributed by atoms with E-state index < -0.39 is 30.2 Å². The monoisotopic (exact) mass is 391 g/mol. The molecule has 0 saturated carbocycles. The number of methoxy groups -OCH3 is 1. The predicted octanol–water partition coefficient (Wildman–Crippen LogP) is 4.17. The van der Waals surface area contributed by atoms with Crippen molar-refractivity contribution in [3.05, 3.63) is 51.3 Å². The van der Waals surface area contributed by atoms with Gasteiger partial charge in [-0.3, -0.25) is 9.48 Å². The van der Waals surface area contributed by atoms with Crippen molar-refractivity contribution < 1.29 is 18.3 Å². The van der Waals surface area contributed by atoms with E-state index in [4.69, 9.17) is 27.9 Å². The first kappa shape index (κ1) is 19.6. The lowest BCUT2D eigenvalue weighted by molar-refractivity contribution is 0.0641. The maximum absolute atomic E-state index is 13.0. The lowest BCUT2D eigenvalue weighted by Crippen LogP contribution is -2.38. The number of hydrogen-bond donors (Lipinski definition) is 1. The molecule has 25 heavy (non-hydrogen) atoms. The smallest absolute Gasteiger partial charge is 0.282 e. The average molecular weight is 392 g/mol. The molecule has 2 rings (SSSR count). The zero-order chi connectivity index (χ0) is 18.7. The van der Waals surface area contributed by atoms with Gasteiger partial charge in [-0.25, -0.2) is 8.78 Å². The van der Waals surface area contributed by atoms with Crippen molar-refractivity contribution in [1.82, 2.24) is 15.1 Å². The van der Waals surface area contributed by atoms with Crippen molar-refractivity contribution in [3.8, 4) is 0 Å². The van der Waals surface area contributed by atoms with Crippen LogP contribution in [0.3, 0.4) is 0 Å². The molecule has 0 aliphatic rings. The third kappa shape index (κ3) is 4.48. The van der Waals surface area contributed by atoms with E-state index in [0.717, 1.165) is 0 Å². The zero-order valence-electron chi connectivity index (χ0n) is 13.8. The summed E-state index contributed by atoms with van der Waals surface area (Å²) in [5.41, 5.74) is -0.117. The first-order chi connectivity index (χ1) is 11.7. The summed E-state index contributed by atoms with van der Waals surface area (Å²) in [5.74, 6) is -0.664. The molecular weight excluding hydrogens is 375 g/mol. The number of hydrogen-bond acceptors (Lipinski definition) is 3. The van der Waals surface area contributed by atoms with E-state index >= 15 is 0 Å². The van der Waals surface area contributed by atoms with E-state index in [0.29, 0.717) is 15.6 Å². The average Bonchev–Trinajstić information content (AvgIpc) is 2.92. The largest absolute Gasteiger partial charge is 0.375 e. The van der Waals surface area contributed by atoms with Gasteiger partial charge in [-0.2, -0.15) is 5.10 Å². The topological polar surface area (TPSA) is 56.1 Å². The molecule has 0 aliphatic carbocycles. The zero-order valence-corrected chi connectivity index (χ0v) is 15.3. The molecule has 0 spiro atoms. The second kappa shape index (κ2) is 8.12. The summed E-state index contributed by atoms with van der Waals surface area (Å²) < 4.78 is 32.6. The summed E-state index contributed by atoms with van der Waals surface area (Å²) >= 11 is 12.1. The standard InChI is InChI=1S/C16H17Cl2F2N3O2/c1-8(14(25-3)10-5-4-9(17)6-12(10)18)21-16(24)11-7-23(2)22-13(11)15(19)20/h4-8,14-15H,1-3H3,(H,21,24)/t8-,14+/m1/s1. The number of benzene rings is 1. The van der Waals surface area contributed by atoms with Crippen molar-refractivity contribution in [2.45, 2.75) is 25.5 Å². The van der Waals surface area contributed by atoms with Crippen molar-refractivity contribution in [2.75, 3.05) is 7.11 Å². The molecule has 0 saturated heterocycles. The fourth-order valence-electron chi connectivity index (χ4n) is 2.53. The molecule has 0 bridgehead atoms. The minimum atomic E-state index is -2.85. The fourth-order valence-corrected chi connectivity index (χ4v) is 3.05. The lowest BCUT2D eigenvalue weighted by atomic mass is 10.0. The highest BCUT2D eigenvalue weighted by molar-refractivity contribution is 6.35. The highest BCUT2D eigenvalue weighted by Gasteiger charge is 2.27. The van der Waals surface area contributed by atoms with Crippen molar-refractivity contribution >= 4 is 29.1 Å². The SMILES string of the molecule is CO[C@H](c1ccc(Cl)cc1Cl)[C@@H](C)NC(=O)c1cn(C)nc1C(F)F. The van der Waals surface area contributed by atoms with Gasteiger partial charge in [0.05, 0.1) is 11.6 Å². The molecule has 136 valence electrons. The summed E-state index contributed by atoms with van der Waals surface area (Å²) in [6.07, 6.45) is -2.18. The van der Waals surface area contributed by atoms with Crippen LogP contribution in [0.15, 0.2) is 24.4 Å². The van der Waals surface area contributed by atoms with Gasteiger partial charge < -0.3 is 10.1 Å². The highest BCUT2D eigenvalue weighted by Crippen LogP contribution is 2.30. The number of aromatic nitrogens is 2. The number of amides is 1. The maximum Gasteiger partial charge on any atom is 0.282 e. The Morgan fingerprint density at radius 2 is 2.04 bits per heavy atom. The van der Waals surface area contributed by atoms with Gasteiger partial charge in [0.1, 0.15) is 11.8 Å². The number of ether oxygens (including phenoxy) is 1. The van der Waals surface area contributed by atoms with Gasteiger partial charge in [0.25, 0.3) is 12.3 Å². The first-order valence-electron chi connectivity index (χ1n) is 7.34. The highest BCUT2D eigenvalue weighted by atomic mass is 35.5. The second-order valence-electron chi connectivity index (χ2n) is 5.49. The molecule has 1 amide bonds. The van der Waals surface area contributed by atoms with Gasteiger partial charge in [-0.15, -0.1) is 0 Å². The van der Waals surface area contributed by atoms with Crippen LogP contribution in [0.1, 0.15) is 41.1 Å². The fraction of sp³-hybridized carbons (Fsp3) is 0.375. The molecule has 5 nitrogen and oxygen atoms in total. The van der Waals surface area contributed by atoms with Crippen molar-refractivity contribution in [3.63, 3.8) is 0 Å². The number of carbonyl (C=O) groups excluding carboxylic acids is 1. The number of aryl methyl sites for hydroxylation is 1.